The summed E-state index contributed by atoms with van der Waals surface area (Å²) in [4.78, 5) is 11.3. The fourth-order valence-electron chi connectivity index (χ4n) is 2.32. The zero-order chi connectivity index (χ0) is 14.0. The van der Waals surface area contributed by atoms with Crippen molar-refractivity contribution in [1.29, 1.82) is 0 Å². The fourth-order valence-corrected chi connectivity index (χ4v) is 4.04. The molecule has 4 nitrogen and oxygen atoms in total. The van der Waals surface area contributed by atoms with Crippen molar-refractivity contribution in [3.8, 4) is 0 Å². The van der Waals surface area contributed by atoms with E-state index in [-0.39, 0.29) is 22.1 Å². The van der Waals surface area contributed by atoms with E-state index in [9.17, 15) is 13.2 Å². The molecule has 1 fully saturated rings. The molecule has 1 aromatic rings. The van der Waals surface area contributed by atoms with Gasteiger partial charge in [-0.15, -0.1) is 0 Å². The molecule has 0 bridgehead atoms. The number of carboxylic acids is 1. The van der Waals surface area contributed by atoms with E-state index < -0.39 is 15.8 Å². The number of hydrogen-bond acceptors (Lipinski definition) is 3. The van der Waals surface area contributed by atoms with Crippen molar-refractivity contribution < 1.29 is 18.3 Å². The summed E-state index contributed by atoms with van der Waals surface area (Å²) in [6, 6.07) is 4.44. The molecule has 1 aliphatic rings. The van der Waals surface area contributed by atoms with E-state index in [1.807, 2.05) is 6.92 Å². The first-order valence-corrected chi connectivity index (χ1v) is 8.18. The zero-order valence-electron chi connectivity index (χ0n) is 10.9. The summed E-state index contributed by atoms with van der Waals surface area (Å²) in [7, 11) is -3.36. The molecule has 1 aliphatic carbocycles. The van der Waals surface area contributed by atoms with Crippen molar-refractivity contribution in [2.45, 2.75) is 37.5 Å². The predicted molar refractivity (Wildman–Crippen MR) is 72.2 cm³/mol. The highest BCUT2D eigenvalue weighted by molar-refractivity contribution is 7.91. The van der Waals surface area contributed by atoms with Crippen LogP contribution in [-0.4, -0.2) is 25.2 Å². The van der Waals surface area contributed by atoms with Gasteiger partial charge in [0.05, 0.1) is 16.2 Å². The molecule has 0 amide bonds. The Morgan fingerprint density at radius 3 is 2.53 bits per heavy atom. The normalized spacial score (nSPS) is 16.1. The van der Waals surface area contributed by atoms with Gasteiger partial charge in [-0.1, -0.05) is 19.4 Å². The fraction of sp³-hybridized carbons (Fsp3) is 0.500. The monoisotopic (exact) mass is 282 g/mol. The van der Waals surface area contributed by atoms with E-state index in [2.05, 4.69) is 0 Å². The minimum absolute atomic E-state index is 0.0946. The standard InChI is InChI=1S/C14H18O4S/c1-2-11-6-7-12(8-13(11)14(15)16)19(17,18)9-10-4-3-5-10/h6-8,10H,2-5,9H2,1H3,(H,15,16). The largest absolute Gasteiger partial charge is 0.478 e. The van der Waals surface area contributed by atoms with Crippen molar-refractivity contribution in [3.63, 3.8) is 0 Å². The Morgan fingerprint density at radius 2 is 2.05 bits per heavy atom. The van der Waals surface area contributed by atoms with Gasteiger partial charge in [0.1, 0.15) is 0 Å². The maximum atomic E-state index is 12.2. The summed E-state index contributed by atoms with van der Waals surface area (Å²) in [6.07, 6.45) is 3.58. The second-order valence-corrected chi connectivity index (χ2v) is 7.09. The van der Waals surface area contributed by atoms with Crippen molar-refractivity contribution >= 4 is 15.8 Å². The lowest BCUT2D eigenvalue weighted by atomic mass is 9.87. The Hall–Kier alpha value is -1.36. The van der Waals surface area contributed by atoms with Crippen molar-refractivity contribution in [2.75, 3.05) is 5.75 Å². The number of benzene rings is 1. The van der Waals surface area contributed by atoms with E-state index in [0.29, 0.717) is 12.0 Å². The summed E-state index contributed by atoms with van der Waals surface area (Å²) in [6.45, 7) is 1.85. The molecular formula is C14H18O4S. The average molecular weight is 282 g/mol. The van der Waals surface area contributed by atoms with Crippen LogP contribution in [0.3, 0.4) is 0 Å². The number of sulfone groups is 1. The van der Waals surface area contributed by atoms with E-state index in [0.717, 1.165) is 19.3 Å². The molecule has 0 heterocycles. The molecule has 0 radical (unpaired) electrons. The van der Waals surface area contributed by atoms with Crippen LogP contribution in [0.4, 0.5) is 0 Å². The van der Waals surface area contributed by atoms with Gasteiger partial charge in [-0.25, -0.2) is 13.2 Å². The first-order chi connectivity index (χ1) is 8.94. The first kappa shape index (κ1) is 14.1. The number of rotatable bonds is 5. The SMILES string of the molecule is CCc1ccc(S(=O)(=O)CC2CCC2)cc1C(=O)O. The van der Waals surface area contributed by atoms with E-state index in [1.165, 1.54) is 12.1 Å². The highest BCUT2D eigenvalue weighted by Gasteiger charge is 2.26. The van der Waals surface area contributed by atoms with Gasteiger partial charge < -0.3 is 5.11 Å². The summed E-state index contributed by atoms with van der Waals surface area (Å²) < 4.78 is 24.4. The third kappa shape index (κ3) is 2.97. The van der Waals surface area contributed by atoms with Crippen LogP contribution in [0.15, 0.2) is 23.1 Å². The molecule has 104 valence electrons. The van der Waals surface area contributed by atoms with Gasteiger partial charge in [-0.05, 0) is 42.9 Å². The smallest absolute Gasteiger partial charge is 0.336 e. The van der Waals surface area contributed by atoms with Crippen LogP contribution in [0.5, 0.6) is 0 Å². The van der Waals surface area contributed by atoms with Crippen LogP contribution in [0, 0.1) is 5.92 Å². The van der Waals surface area contributed by atoms with Gasteiger partial charge in [-0.2, -0.15) is 0 Å². The van der Waals surface area contributed by atoms with Crippen LogP contribution in [0.1, 0.15) is 42.1 Å². The number of carbonyl (C=O) groups is 1. The van der Waals surface area contributed by atoms with E-state index >= 15 is 0 Å². The Labute approximate surface area is 113 Å². The van der Waals surface area contributed by atoms with Gasteiger partial charge in [-0.3, -0.25) is 0 Å². The first-order valence-electron chi connectivity index (χ1n) is 6.53. The number of hydrogen-bond donors (Lipinski definition) is 1. The lowest BCUT2D eigenvalue weighted by Gasteiger charge is -2.24. The molecule has 0 aromatic heterocycles. The van der Waals surface area contributed by atoms with Crippen molar-refractivity contribution in [1.82, 2.24) is 0 Å². The summed E-state index contributed by atoms with van der Waals surface area (Å²) in [5, 5.41) is 9.13. The quantitative estimate of drug-likeness (QED) is 0.900. The maximum Gasteiger partial charge on any atom is 0.336 e. The average Bonchev–Trinajstić information content (AvgIpc) is 2.33. The van der Waals surface area contributed by atoms with Gasteiger partial charge in [0.15, 0.2) is 9.84 Å². The maximum absolute atomic E-state index is 12.2. The summed E-state index contributed by atoms with van der Waals surface area (Å²) in [5.74, 6) is -0.695. The van der Waals surface area contributed by atoms with Gasteiger partial charge >= 0.3 is 5.97 Å². The summed E-state index contributed by atoms with van der Waals surface area (Å²) >= 11 is 0. The predicted octanol–water partition coefficient (Wildman–Crippen LogP) is 2.52. The number of aryl methyl sites for hydroxylation is 1. The van der Waals surface area contributed by atoms with Crippen LogP contribution in [0.2, 0.25) is 0 Å². The molecule has 0 unspecified atom stereocenters. The highest BCUT2D eigenvalue weighted by Crippen LogP contribution is 2.30. The summed E-state index contributed by atoms with van der Waals surface area (Å²) in [5.41, 5.74) is 0.757. The minimum atomic E-state index is -3.36. The zero-order valence-corrected chi connectivity index (χ0v) is 11.7. The number of aromatic carboxylic acids is 1. The molecule has 1 N–H and O–H groups in total. The number of carboxylic acid groups (broad SMARTS) is 1. The molecule has 1 aromatic carbocycles. The Kier molecular flexibility index (Phi) is 3.94. The molecule has 0 atom stereocenters. The molecule has 0 aliphatic heterocycles. The van der Waals surface area contributed by atoms with Crippen LogP contribution in [-0.2, 0) is 16.3 Å². The van der Waals surface area contributed by atoms with Gasteiger partial charge in [0.2, 0.25) is 0 Å². The Morgan fingerprint density at radius 1 is 1.37 bits per heavy atom. The van der Waals surface area contributed by atoms with Gasteiger partial charge in [0.25, 0.3) is 0 Å². The lowest BCUT2D eigenvalue weighted by molar-refractivity contribution is 0.0695. The van der Waals surface area contributed by atoms with Crippen LogP contribution >= 0.6 is 0 Å². The molecule has 1 saturated carbocycles. The molecular weight excluding hydrogens is 264 g/mol. The van der Waals surface area contributed by atoms with Gasteiger partial charge in [0, 0.05) is 0 Å². The third-order valence-electron chi connectivity index (χ3n) is 3.73. The Bertz CT molecular complexity index is 585. The lowest BCUT2D eigenvalue weighted by Crippen LogP contribution is -2.22. The molecule has 2 rings (SSSR count). The van der Waals surface area contributed by atoms with Crippen molar-refractivity contribution in [2.24, 2.45) is 5.92 Å². The minimum Gasteiger partial charge on any atom is -0.478 e. The third-order valence-corrected chi connectivity index (χ3v) is 5.61. The second kappa shape index (κ2) is 5.33. The molecule has 0 saturated heterocycles. The van der Waals surface area contributed by atoms with Crippen LogP contribution < -0.4 is 0 Å². The Balaban J connectivity index is 2.33. The molecule has 0 spiro atoms. The molecule has 19 heavy (non-hydrogen) atoms. The topological polar surface area (TPSA) is 71.4 Å². The van der Waals surface area contributed by atoms with Crippen molar-refractivity contribution in [3.05, 3.63) is 29.3 Å². The molecule has 5 heteroatoms. The second-order valence-electron chi connectivity index (χ2n) is 5.06. The van der Waals surface area contributed by atoms with E-state index in [4.69, 9.17) is 5.11 Å². The van der Waals surface area contributed by atoms with Crippen LogP contribution in [0.25, 0.3) is 0 Å². The highest BCUT2D eigenvalue weighted by atomic mass is 32.2. The van der Waals surface area contributed by atoms with E-state index in [1.54, 1.807) is 6.07 Å².